The van der Waals surface area contributed by atoms with E-state index in [1.807, 2.05) is 84.6 Å². The fourth-order valence-electron chi connectivity index (χ4n) is 3.74. The lowest BCUT2D eigenvalue weighted by Crippen LogP contribution is -2.32. The molecular formula is C29H29N3O4. The smallest absolute Gasteiger partial charge is 0.251 e. The molecule has 0 aliphatic carbocycles. The number of aryl methyl sites for hydroxylation is 1. The molecule has 0 unspecified atom stereocenters. The molecule has 2 amide bonds. The summed E-state index contributed by atoms with van der Waals surface area (Å²) in [6, 6.07) is 26.1. The lowest BCUT2D eigenvalue weighted by atomic mass is 10.1. The van der Waals surface area contributed by atoms with Gasteiger partial charge in [-0.25, -0.2) is 0 Å². The van der Waals surface area contributed by atoms with Crippen molar-refractivity contribution in [3.05, 3.63) is 114 Å². The van der Waals surface area contributed by atoms with Crippen molar-refractivity contribution in [3.63, 3.8) is 0 Å². The topological polar surface area (TPSA) is 83.8 Å². The summed E-state index contributed by atoms with van der Waals surface area (Å²) < 4.78 is 11.5. The van der Waals surface area contributed by atoms with Gasteiger partial charge in [0.05, 0.1) is 25.0 Å². The van der Waals surface area contributed by atoms with Crippen molar-refractivity contribution in [2.24, 2.45) is 0 Å². The zero-order valence-electron chi connectivity index (χ0n) is 20.4. The lowest BCUT2D eigenvalue weighted by Gasteiger charge is -2.21. The first kappa shape index (κ1) is 24.8. The van der Waals surface area contributed by atoms with E-state index in [2.05, 4.69) is 10.6 Å². The number of rotatable bonds is 10. The fraction of sp³-hybridized carbons (Fsp3) is 0.172. The van der Waals surface area contributed by atoms with Crippen molar-refractivity contribution < 1.29 is 18.7 Å². The Bertz CT molecular complexity index is 1280. The first-order valence-corrected chi connectivity index (χ1v) is 11.7. The minimum atomic E-state index is -0.177. The molecule has 0 aliphatic rings. The molecule has 0 fully saturated rings. The van der Waals surface area contributed by atoms with Crippen LogP contribution in [0.1, 0.15) is 27.2 Å². The average molecular weight is 484 g/mol. The number of nitrogens with one attached hydrogen (secondary N) is 2. The van der Waals surface area contributed by atoms with Gasteiger partial charge in [-0.15, -0.1) is 0 Å². The second-order valence-corrected chi connectivity index (χ2v) is 8.46. The van der Waals surface area contributed by atoms with Gasteiger partial charge in [-0.05, 0) is 61.0 Å². The predicted molar refractivity (Wildman–Crippen MR) is 139 cm³/mol. The van der Waals surface area contributed by atoms with Crippen molar-refractivity contribution >= 4 is 17.5 Å². The molecule has 1 aromatic heterocycles. The Balaban J connectivity index is 1.45. The van der Waals surface area contributed by atoms with Gasteiger partial charge in [0.15, 0.2) is 5.75 Å². The molecule has 3 aromatic carbocycles. The van der Waals surface area contributed by atoms with E-state index >= 15 is 0 Å². The number of amides is 2. The van der Waals surface area contributed by atoms with Gasteiger partial charge in [0, 0.05) is 19.2 Å². The van der Waals surface area contributed by atoms with Crippen LogP contribution in [-0.4, -0.2) is 30.3 Å². The van der Waals surface area contributed by atoms with Crippen LogP contribution in [0.4, 0.5) is 5.69 Å². The number of anilines is 1. The van der Waals surface area contributed by atoms with Crippen LogP contribution in [0.2, 0.25) is 0 Å². The molecule has 0 aliphatic heterocycles. The molecule has 0 bridgehead atoms. The summed E-state index contributed by atoms with van der Waals surface area (Å²) in [6.07, 6.45) is 1.62. The maximum absolute atomic E-state index is 13.1. The molecule has 4 aromatic rings. The van der Waals surface area contributed by atoms with Crippen LogP contribution in [0, 0.1) is 6.92 Å². The first-order chi connectivity index (χ1) is 17.5. The summed E-state index contributed by atoms with van der Waals surface area (Å²) in [5, 5.41) is 5.60. The van der Waals surface area contributed by atoms with Crippen molar-refractivity contribution in [2.75, 3.05) is 18.9 Å². The normalized spacial score (nSPS) is 10.8. The summed E-state index contributed by atoms with van der Waals surface area (Å²) in [7, 11) is 1.60. The summed E-state index contributed by atoms with van der Waals surface area (Å²) in [5.74, 6) is 1.70. The number of hydrogen-bond acceptors (Lipinski definition) is 5. The molecule has 0 saturated carbocycles. The second kappa shape index (κ2) is 11.9. The molecule has 184 valence electrons. The third-order valence-corrected chi connectivity index (χ3v) is 5.59. The molecule has 4 rings (SSSR count). The summed E-state index contributed by atoms with van der Waals surface area (Å²) >= 11 is 0. The van der Waals surface area contributed by atoms with E-state index in [0.29, 0.717) is 35.8 Å². The Morgan fingerprint density at radius 3 is 2.33 bits per heavy atom. The third-order valence-electron chi connectivity index (χ3n) is 5.59. The number of hydrogen-bond donors (Lipinski definition) is 2. The highest BCUT2D eigenvalue weighted by Crippen LogP contribution is 2.29. The molecule has 0 saturated heterocycles. The third kappa shape index (κ3) is 6.84. The Morgan fingerprint density at radius 1 is 0.889 bits per heavy atom. The number of ether oxygens (including phenoxy) is 1. The largest absolute Gasteiger partial charge is 0.468 e. The summed E-state index contributed by atoms with van der Waals surface area (Å²) in [4.78, 5) is 26.9. The highest BCUT2D eigenvalue weighted by atomic mass is 16.5. The standard InChI is InChI=1S/C29H29N3O4/c1-21-9-15-24(16-10-21)36-27-8-4-3-7-26(27)31-28(33)20-32(19-25-6-5-17-35-25)18-22-11-13-23(14-12-22)29(34)30-2/h3-17H,18-20H2,1-2H3,(H,30,34)(H,31,33). The van der Waals surface area contributed by atoms with Crippen molar-refractivity contribution in [3.8, 4) is 11.5 Å². The monoisotopic (exact) mass is 483 g/mol. The van der Waals surface area contributed by atoms with Gasteiger partial charge in [0.25, 0.3) is 5.91 Å². The first-order valence-electron chi connectivity index (χ1n) is 11.7. The Kier molecular flexibility index (Phi) is 8.16. The SMILES string of the molecule is CNC(=O)c1ccc(CN(CC(=O)Nc2ccccc2Oc2ccc(C)cc2)Cc2ccco2)cc1. The molecule has 0 spiro atoms. The minimum absolute atomic E-state index is 0.136. The van der Waals surface area contributed by atoms with Crippen LogP contribution in [0.5, 0.6) is 11.5 Å². The van der Waals surface area contributed by atoms with Gasteiger partial charge >= 0.3 is 0 Å². The number of nitrogens with zero attached hydrogens (tertiary/aromatic N) is 1. The van der Waals surface area contributed by atoms with Crippen LogP contribution >= 0.6 is 0 Å². The van der Waals surface area contributed by atoms with Crippen LogP contribution in [0.3, 0.4) is 0 Å². The van der Waals surface area contributed by atoms with E-state index in [0.717, 1.165) is 16.9 Å². The van der Waals surface area contributed by atoms with E-state index in [-0.39, 0.29) is 18.4 Å². The van der Waals surface area contributed by atoms with E-state index < -0.39 is 0 Å². The zero-order chi connectivity index (χ0) is 25.3. The van der Waals surface area contributed by atoms with Crippen LogP contribution in [0.15, 0.2) is 95.6 Å². The van der Waals surface area contributed by atoms with Gasteiger partial charge in [-0.2, -0.15) is 0 Å². The predicted octanol–water partition coefficient (Wildman–Crippen LogP) is 5.38. The van der Waals surface area contributed by atoms with E-state index in [1.54, 1.807) is 25.4 Å². The van der Waals surface area contributed by atoms with Crippen molar-refractivity contribution in [1.29, 1.82) is 0 Å². The molecule has 7 heteroatoms. The maximum atomic E-state index is 13.1. The molecule has 0 atom stereocenters. The quantitative estimate of drug-likeness (QED) is 0.316. The van der Waals surface area contributed by atoms with Crippen molar-refractivity contribution in [2.45, 2.75) is 20.0 Å². The van der Waals surface area contributed by atoms with Gasteiger partial charge < -0.3 is 19.8 Å². The summed E-state index contributed by atoms with van der Waals surface area (Å²) in [6.45, 7) is 3.11. The van der Waals surface area contributed by atoms with Gasteiger partial charge in [0.2, 0.25) is 5.91 Å². The molecule has 2 N–H and O–H groups in total. The van der Waals surface area contributed by atoms with E-state index in [4.69, 9.17) is 9.15 Å². The summed E-state index contributed by atoms with van der Waals surface area (Å²) in [5.41, 5.74) is 3.30. The Morgan fingerprint density at radius 2 is 1.64 bits per heavy atom. The maximum Gasteiger partial charge on any atom is 0.251 e. The molecule has 7 nitrogen and oxygen atoms in total. The Labute approximate surface area is 210 Å². The van der Waals surface area contributed by atoms with Gasteiger partial charge in [-0.1, -0.05) is 42.0 Å². The van der Waals surface area contributed by atoms with Gasteiger partial charge in [-0.3, -0.25) is 14.5 Å². The van der Waals surface area contributed by atoms with Crippen LogP contribution in [-0.2, 0) is 17.9 Å². The molecular weight excluding hydrogens is 454 g/mol. The van der Waals surface area contributed by atoms with Crippen LogP contribution < -0.4 is 15.4 Å². The molecule has 1 heterocycles. The average Bonchev–Trinajstić information content (AvgIpc) is 3.39. The highest BCUT2D eigenvalue weighted by molar-refractivity contribution is 5.94. The Hall–Kier alpha value is -4.36. The second-order valence-electron chi connectivity index (χ2n) is 8.46. The zero-order valence-corrected chi connectivity index (χ0v) is 20.4. The number of furan rings is 1. The van der Waals surface area contributed by atoms with Crippen molar-refractivity contribution in [1.82, 2.24) is 10.2 Å². The van der Waals surface area contributed by atoms with E-state index in [9.17, 15) is 9.59 Å². The van der Waals surface area contributed by atoms with Gasteiger partial charge in [0.1, 0.15) is 11.5 Å². The molecule has 0 radical (unpaired) electrons. The van der Waals surface area contributed by atoms with Crippen LogP contribution in [0.25, 0.3) is 0 Å². The number of benzene rings is 3. The fourth-order valence-corrected chi connectivity index (χ4v) is 3.74. The number of para-hydroxylation sites is 2. The minimum Gasteiger partial charge on any atom is -0.468 e. The number of carbonyl (C=O) groups excluding carboxylic acids is 2. The van der Waals surface area contributed by atoms with E-state index in [1.165, 1.54) is 0 Å². The highest BCUT2D eigenvalue weighted by Gasteiger charge is 2.16. The molecule has 36 heavy (non-hydrogen) atoms. The lowest BCUT2D eigenvalue weighted by molar-refractivity contribution is -0.117. The number of carbonyl (C=O) groups is 2.